The van der Waals surface area contributed by atoms with Gasteiger partial charge >= 0.3 is 0 Å². The first-order valence-corrected chi connectivity index (χ1v) is 7.26. The van der Waals surface area contributed by atoms with Crippen molar-refractivity contribution in [1.82, 2.24) is 4.90 Å². The second-order valence-electron chi connectivity index (χ2n) is 5.48. The van der Waals surface area contributed by atoms with Crippen molar-refractivity contribution in [2.24, 2.45) is 0 Å². The summed E-state index contributed by atoms with van der Waals surface area (Å²) < 4.78 is 5.56. The molecule has 1 saturated heterocycles. The summed E-state index contributed by atoms with van der Waals surface area (Å²) in [5, 5.41) is 0. The van der Waals surface area contributed by atoms with Crippen LogP contribution in [0.4, 0.5) is 0 Å². The van der Waals surface area contributed by atoms with Gasteiger partial charge in [0.1, 0.15) is 0 Å². The van der Waals surface area contributed by atoms with E-state index in [9.17, 15) is 0 Å². The molecule has 0 unspecified atom stereocenters. The Kier molecular flexibility index (Phi) is 4.14. The van der Waals surface area contributed by atoms with Gasteiger partial charge in [0.05, 0.1) is 18.8 Å². The van der Waals surface area contributed by atoms with Crippen LogP contribution in [0.25, 0.3) is 0 Å². The van der Waals surface area contributed by atoms with Crippen molar-refractivity contribution in [2.45, 2.75) is 32.2 Å². The molecule has 1 fully saturated rings. The van der Waals surface area contributed by atoms with Gasteiger partial charge < -0.3 is 4.74 Å². The first-order valence-electron chi connectivity index (χ1n) is 7.26. The summed E-state index contributed by atoms with van der Waals surface area (Å²) in [7, 11) is 0. The largest absolute Gasteiger partial charge is 0.375 e. The lowest BCUT2D eigenvalue weighted by atomic mass is 10.0. The van der Waals surface area contributed by atoms with Crippen molar-refractivity contribution < 1.29 is 4.74 Å². The molecule has 0 bridgehead atoms. The number of hydrogen-bond donors (Lipinski definition) is 0. The Morgan fingerprint density at radius 3 is 1.75 bits per heavy atom. The zero-order chi connectivity index (χ0) is 13.8. The van der Waals surface area contributed by atoms with E-state index in [0.29, 0.717) is 12.1 Å². The highest BCUT2D eigenvalue weighted by molar-refractivity contribution is 5.17. The molecule has 0 aromatic heterocycles. The number of benzene rings is 2. The highest BCUT2D eigenvalue weighted by Gasteiger charge is 2.33. The molecule has 0 spiro atoms. The summed E-state index contributed by atoms with van der Waals surface area (Å²) >= 11 is 0. The molecule has 3 rings (SSSR count). The van der Waals surface area contributed by atoms with E-state index in [1.165, 1.54) is 11.1 Å². The SMILES string of the molecule is C[C@@H]1OC[C@H]1N(Cc1ccccc1)Cc1ccccc1. The van der Waals surface area contributed by atoms with Crippen molar-refractivity contribution in [3.63, 3.8) is 0 Å². The second-order valence-corrected chi connectivity index (χ2v) is 5.48. The standard InChI is InChI=1S/C18H21NO/c1-15-18(14-20-15)19(12-16-8-4-2-5-9-16)13-17-10-6-3-7-11-17/h2-11,15,18H,12-14H2,1H3/t15-,18+/m0/s1. The van der Waals surface area contributed by atoms with Gasteiger partial charge in [0.15, 0.2) is 0 Å². The molecule has 2 aromatic carbocycles. The number of hydrogen-bond acceptors (Lipinski definition) is 2. The number of nitrogens with zero attached hydrogens (tertiary/aromatic N) is 1. The van der Waals surface area contributed by atoms with Gasteiger partial charge in [0.25, 0.3) is 0 Å². The van der Waals surface area contributed by atoms with Gasteiger partial charge in [-0.1, -0.05) is 60.7 Å². The van der Waals surface area contributed by atoms with Gasteiger partial charge in [-0.3, -0.25) is 4.90 Å². The van der Waals surface area contributed by atoms with E-state index in [1.807, 2.05) is 0 Å². The van der Waals surface area contributed by atoms with Crippen molar-refractivity contribution in [1.29, 1.82) is 0 Å². The molecule has 1 aliphatic heterocycles. The molecule has 2 nitrogen and oxygen atoms in total. The molecular formula is C18H21NO. The average Bonchev–Trinajstić information content (AvgIpc) is 2.48. The predicted molar refractivity (Wildman–Crippen MR) is 81.3 cm³/mol. The van der Waals surface area contributed by atoms with Crippen LogP contribution < -0.4 is 0 Å². The number of rotatable bonds is 5. The van der Waals surface area contributed by atoms with Crippen molar-refractivity contribution in [2.75, 3.05) is 6.61 Å². The van der Waals surface area contributed by atoms with Crippen molar-refractivity contribution in [3.8, 4) is 0 Å². The molecule has 0 aliphatic carbocycles. The molecule has 0 N–H and O–H groups in total. The minimum Gasteiger partial charge on any atom is -0.375 e. The second kappa shape index (κ2) is 6.21. The topological polar surface area (TPSA) is 12.5 Å². The minimum atomic E-state index is 0.336. The third-order valence-corrected chi connectivity index (χ3v) is 4.00. The smallest absolute Gasteiger partial charge is 0.0725 e. The van der Waals surface area contributed by atoms with Crippen LogP contribution in [0.2, 0.25) is 0 Å². The molecule has 0 radical (unpaired) electrons. The molecule has 0 amide bonds. The molecule has 2 atom stereocenters. The lowest BCUT2D eigenvalue weighted by molar-refractivity contribution is -0.129. The normalized spacial score (nSPS) is 21.7. The fourth-order valence-electron chi connectivity index (χ4n) is 2.70. The maximum atomic E-state index is 5.56. The third-order valence-electron chi connectivity index (χ3n) is 4.00. The van der Waals surface area contributed by atoms with Crippen molar-refractivity contribution in [3.05, 3.63) is 71.8 Å². The van der Waals surface area contributed by atoms with Crippen LogP contribution in [0.1, 0.15) is 18.1 Å². The maximum absolute atomic E-state index is 5.56. The van der Waals surface area contributed by atoms with Gasteiger partial charge in [0.2, 0.25) is 0 Å². The lowest BCUT2D eigenvalue weighted by Crippen LogP contribution is -2.54. The Balaban J connectivity index is 1.74. The fourth-order valence-corrected chi connectivity index (χ4v) is 2.70. The first-order chi connectivity index (χ1) is 9.83. The van der Waals surface area contributed by atoms with E-state index in [-0.39, 0.29) is 0 Å². The van der Waals surface area contributed by atoms with Crippen LogP contribution in [-0.2, 0) is 17.8 Å². The summed E-state index contributed by atoms with van der Waals surface area (Å²) in [4.78, 5) is 2.53. The monoisotopic (exact) mass is 267 g/mol. The third kappa shape index (κ3) is 3.09. The highest BCUT2D eigenvalue weighted by Crippen LogP contribution is 2.23. The fraction of sp³-hybridized carbons (Fsp3) is 0.333. The summed E-state index contributed by atoms with van der Waals surface area (Å²) in [6.45, 7) is 4.97. The van der Waals surface area contributed by atoms with Crippen LogP contribution in [0.3, 0.4) is 0 Å². The lowest BCUT2D eigenvalue weighted by Gasteiger charge is -2.42. The van der Waals surface area contributed by atoms with Gasteiger partial charge in [-0.05, 0) is 18.1 Å². The van der Waals surface area contributed by atoms with E-state index < -0.39 is 0 Å². The molecule has 1 heterocycles. The van der Waals surface area contributed by atoms with Gasteiger partial charge in [0, 0.05) is 13.1 Å². The Bertz CT molecular complexity index is 484. The van der Waals surface area contributed by atoms with E-state index in [1.54, 1.807) is 0 Å². The Labute approximate surface area is 121 Å². The predicted octanol–water partition coefficient (Wildman–Crippen LogP) is 3.48. The van der Waals surface area contributed by atoms with E-state index in [2.05, 4.69) is 72.5 Å². The maximum Gasteiger partial charge on any atom is 0.0725 e. The summed E-state index contributed by atoms with van der Waals surface area (Å²) in [5.41, 5.74) is 2.73. The Hall–Kier alpha value is -1.64. The Morgan fingerprint density at radius 2 is 1.40 bits per heavy atom. The summed E-state index contributed by atoms with van der Waals surface area (Å²) in [5.74, 6) is 0. The molecular weight excluding hydrogens is 246 g/mol. The Morgan fingerprint density at radius 1 is 0.900 bits per heavy atom. The quantitative estimate of drug-likeness (QED) is 0.822. The molecule has 1 aliphatic rings. The van der Waals surface area contributed by atoms with E-state index in [0.717, 1.165) is 19.7 Å². The van der Waals surface area contributed by atoms with Crippen LogP contribution in [0.15, 0.2) is 60.7 Å². The van der Waals surface area contributed by atoms with Crippen molar-refractivity contribution >= 4 is 0 Å². The van der Waals surface area contributed by atoms with Crippen LogP contribution >= 0.6 is 0 Å². The molecule has 2 heteroatoms. The van der Waals surface area contributed by atoms with E-state index in [4.69, 9.17) is 4.74 Å². The average molecular weight is 267 g/mol. The summed E-state index contributed by atoms with van der Waals surface area (Å²) in [6, 6.07) is 21.9. The van der Waals surface area contributed by atoms with Gasteiger partial charge in [-0.15, -0.1) is 0 Å². The highest BCUT2D eigenvalue weighted by atomic mass is 16.5. The number of ether oxygens (including phenoxy) is 1. The zero-order valence-corrected chi connectivity index (χ0v) is 11.9. The van der Waals surface area contributed by atoms with E-state index >= 15 is 0 Å². The first kappa shape index (κ1) is 13.3. The molecule has 0 saturated carbocycles. The molecule has 20 heavy (non-hydrogen) atoms. The van der Waals surface area contributed by atoms with Gasteiger partial charge in [-0.2, -0.15) is 0 Å². The van der Waals surface area contributed by atoms with Crippen LogP contribution in [0, 0.1) is 0 Å². The van der Waals surface area contributed by atoms with Crippen LogP contribution in [-0.4, -0.2) is 23.7 Å². The molecule has 2 aromatic rings. The minimum absolute atomic E-state index is 0.336. The molecule has 104 valence electrons. The van der Waals surface area contributed by atoms with Crippen LogP contribution in [0.5, 0.6) is 0 Å². The van der Waals surface area contributed by atoms with Gasteiger partial charge in [-0.25, -0.2) is 0 Å². The zero-order valence-electron chi connectivity index (χ0n) is 11.9. The summed E-state index contributed by atoms with van der Waals surface area (Å²) in [6.07, 6.45) is 0.336.